The summed E-state index contributed by atoms with van der Waals surface area (Å²) in [5.74, 6) is 0.456. The second kappa shape index (κ2) is 10.0. The van der Waals surface area contributed by atoms with Crippen molar-refractivity contribution >= 4 is 34.5 Å². The Kier molecular flexibility index (Phi) is 7.20. The van der Waals surface area contributed by atoms with Crippen molar-refractivity contribution in [2.75, 3.05) is 6.61 Å². The number of rotatable bonds is 8. The molecule has 2 aromatic heterocycles. The fourth-order valence-corrected chi connectivity index (χ4v) is 3.92. The van der Waals surface area contributed by atoms with Gasteiger partial charge in [-0.15, -0.1) is 11.3 Å². The van der Waals surface area contributed by atoms with Gasteiger partial charge in [-0.1, -0.05) is 0 Å². The highest BCUT2D eigenvalue weighted by atomic mass is 32.1. The molecular weight excluding hydrogens is 410 g/mol. The highest BCUT2D eigenvalue weighted by Gasteiger charge is 2.16. The van der Waals surface area contributed by atoms with Crippen LogP contribution in [0.4, 0.5) is 0 Å². The van der Waals surface area contributed by atoms with Crippen molar-refractivity contribution in [3.05, 3.63) is 52.2 Å². The van der Waals surface area contributed by atoms with E-state index in [0.717, 1.165) is 16.3 Å². The molecule has 0 radical (unpaired) electrons. The molecule has 1 aromatic carbocycles. The number of benzene rings is 1. The van der Waals surface area contributed by atoms with Gasteiger partial charge < -0.3 is 9.47 Å². The molecule has 0 saturated carbocycles. The summed E-state index contributed by atoms with van der Waals surface area (Å²) in [6.07, 6.45) is -0.701. The monoisotopic (exact) mass is 431 g/mol. The number of ether oxygens (including phenoxy) is 2. The van der Waals surface area contributed by atoms with Gasteiger partial charge >= 0.3 is 0 Å². The van der Waals surface area contributed by atoms with Crippen molar-refractivity contribution in [3.8, 4) is 22.1 Å². The number of hydrazine groups is 1. The predicted octanol–water partition coefficient (Wildman–Crippen LogP) is 3.43. The Labute approximate surface area is 176 Å². The van der Waals surface area contributed by atoms with E-state index in [4.69, 9.17) is 9.47 Å². The van der Waals surface area contributed by atoms with Crippen LogP contribution >= 0.6 is 22.7 Å². The molecular formula is C20H21N3O4S2. The van der Waals surface area contributed by atoms with Crippen molar-refractivity contribution in [1.29, 1.82) is 0 Å². The Bertz CT molecular complexity index is 939. The summed E-state index contributed by atoms with van der Waals surface area (Å²) in [6.45, 7) is 4.09. The average Bonchev–Trinajstić information content (AvgIpc) is 3.39. The Morgan fingerprint density at radius 3 is 2.55 bits per heavy atom. The van der Waals surface area contributed by atoms with Crippen LogP contribution in [0.1, 0.15) is 19.5 Å². The van der Waals surface area contributed by atoms with Crippen LogP contribution in [0.2, 0.25) is 0 Å². The van der Waals surface area contributed by atoms with Gasteiger partial charge in [-0.05, 0) is 49.6 Å². The van der Waals surface area contributed by atoms with Crippen molar-refractivity contribution in [2.45, 2.75) is 26.4 Å². The van der Waals surface area contributed by atoms with Gasteiger partial charge in [0, 0.05) is 16.3 Å². The number of carbonyl (C=O) groups excluding carboxylic acids is 2. The summed E-state index contributed by atoms with van der Waals surface area (Å²) in [6, 6.07) is 8.97. The minimum atomic E-state index is -0.780. The van der Waals surface area contributed by atoms with E-state index in [9.17, 15) is 9.59 Å². The number of aromatic nitrogens is 1. The number of nitrogens with zero attached hydrogens (tertiary/aromatic N) is 1. The van der Waals surface area contributed by atoms with Gasteiger partial charge in [0.15, 0.2) is 6.10 Å². The van der Waals surface area contributed by atoms with Crippen LogP contribution < -0.4 is 20.3 Å². The number of amides is 2. The van der Waals surface area contributed by atoms with Crippen molar-refractivity contribution in [2.24, 2.45) is 0 Å². The van der Waals surface area contributed by atoms with Crippen LogP contribution in [0.5, 0.6) is 11.5 Å². The third-order valence-electron chi connectivity index (χ3n) is 3.80. The number of thiazole rings is 1. The SMILES string of the molecule is CCOc1ccc(OC(C)C(=O)NNC(=O)Cc2csc(-c3ccsc3)n2)cc1. The minimum Gasteiger partial charge on any atom is -0.494 e. The first-order valence-corrected chi connectivity index (χ1v) is 10.8. The third-order valence-corrected chi connectivity index (χ3v) is 5.43. The maximum Gasteiger partial charge on any atom is 0.279 e. The lowest BCUT2D eigenvalue weighted by Gasteiger charge is -2.15. The van der Waals surface area contributed by atoms with E-state index >= 15 is 0 Å². The lowest BCUT2D eigenvalue weighted by Crippen LogP contribution is -2.47. The Morgan fingerprint density at radius 2 is 1.86 bits per heavy atom. The Balaban J connectivity index is 1.44. The quantitative estimate of drug-likeness (QED) is 0.534. The largest absolute Gasteiger partial charge is 0.494 e. The van der Waals surface area contributed by atoms with E-state index in [1.165, 1.54) is 11.3 Å². The first-order chi connectivity index (χ1) is 14.0. The molecule has 1 atom stereocenters. The summed E-state index contributed by atoms with van der Waals surface area (Å²) in [7, 11) is 0. The molecule has 29 heavy (non-hydrogen) atoms. The van der Waals surface area contributed by atoms with Crippen molar-refractivity contribution in [1.82, 2.24) is 15.8 Å². The summed E-state index contributed by atoms with van der Waals surface area (Å²) < 4.78 is 10.9. The molecule has 3 aromatic rings. The molecule has 7 nitrogen and oxygen atoms in total. The summed E-state index contributed by atoms with van der Waals surface area (Å²) in [5.41, 5.74) is 6.47. The van der Waals surface area contributed by atoms with Crippen LogP contribution in [0, 0.1) is 0 Å². The van der Waals surface area contributed by atoms with E-state index < -0.39 is 12.0 Å². The van der Waals surface area contributed by atoms with Crippen LogP contribution in [-0.2, 0) is 16.0 Å². The zero-order chi connectivity index (χ0) is 20.6. The Hall–Kier alpha value is -2.91. The molecule has 2 N–H and O–H groups in total. The number of hydrogen-bond donors (Lipinski definition) is 2. The zero-order valence-corrected chi connectivity index (χ0v) is 17.6. The van der Waals surface area contributed by atoms with Gasteiger partial charge in [0.05, 0.1) is 18.7 Å². The van der Waals surface area contributed by atoms with Gasteiger partial charge in [-0.25, -0.2) is 4.98 Å². The van der Waals surface area contributed by atoms with E-state index in [-0.39, 0.29) is 12.3 Å². The highest BCUT2D eigenvalue weighted by Crippen LogP contribution is 2.25. The highest BCUT2D eigenvalue weighted by molar-refractivity contribution is 7.14. The molecule has 152 valence electrons. The molecule has 2 amide bonds. The minimum absolute atomic E-state index is 0.0784. The lowest BCUT2D eigenvalue weighted by atomic mass is 10.3. The molecule has 1 unspecified atom stereocenters. The normalized spacial score (nSPS) is 11.5. The van der Waals surface area contributed by atoms with E-state index in [2.05, 4.69) is 15.8 Å². The molecule has 0 bridgehead atoms. The lowest BCUT2D eigenvalue weighted by molar-refractivity contribution is -0.132. The van der Waals surface area contributed by atoms with Crippen LogP contribution in [0.15, 0.2) is 46.5 Å². The van der Waals surface area contributed by atoms with Crippen LogP contribution in [0.25, 0.3) is 10.6 Å². The molecule has 0 aliphatic carbocycles. The van der Waals surface area contributed by atoms with Crippen molar-refractivity contribution in [3.63, 3.8) is 0 Å². The number of hydrogen-bond acceptors (Lipinski definition) is 7. The molecule has 0 fully saturated rings. The molecule has 0 spiro atoms. The first kappa shape index (κ1) is 20.8. The van der Waals surface area contributed by atoms with Gasteiger partial charge in [0.1, 0.15) is 16.5 Å². The topological polar surface area (TPSA) is 89.5 Å². The van der Waals surface area contributed by atoms with Crippen LogP contribution in [-0.4, -0.2) is 29.5 Å². The maximum absolute atomic E-state index is 12.1. The maximum atomic E-state index is 12.1. The molecule has 0 saturated heterocycles. The van der Waals surface area contributed by atoms with E-state index in [0.29, 0.717) is 18.1 Å². The molecule has 0 aliphatic rings. The second-order valence-corrected chi connectivity index (χ2v) is 7.67. The van der Waals surface area contributed by atoms with Gasteiger partial charge in [-0.2, -0.15) is 11.3 Å². The molecule has 0 aliphatic heterocycles. The fraction of sp³-hybridized carbons (Fsp3) is 0.250. The average molecular weight is 432 g/mol. The molecule has 9 heteroatoms. The smallest absolute Gasteiger partial charge is 0.279 e. The zero-order valence-electron chi connectivity index (χ0n) is 16.0. The first-order valence-electron chi connectivity index (χ1n) is 9.00. The number of thiophene rings is 1. The van der Waals surface area contributed by atoms with Gasteiger partial charge in [-0.3, -0.25) is 20.4 Å². The fourth-order valence-electron chi connectivity index (χ4n) is 2.39. The molecule has 2 heterocycles. The Morgan fingerprint density at radius 1 is 1.10 bits per heavy atom. The van der Waals surface area contributed by atoms with Gasteiger partial charge in [0.2, 0.25) is 5.91 Å². The summed E-state index contributed by atoms with van der Waals surface area (Å²) >= 11 is 3.08. The standard InChI is InChI=1S/C20H21N3O4S2/c1-3-26-16-4-6-17(7-5-16)27-13(2)19(25)23-22-18(24)10-15-12-29-20(21-15)14-8-9-28-11-14/h4-9,11-13H,3,10H2,1-2H3,(H,22,24)(H,23,25). The van der Waals surface area contributed by atoms with Crippen molar-refractivity contribution < 1.29 is 19.1 Å². The number of nitrogens with one attached hydrogen (secondary N) is 2. The molecule has 3 rings (SSSR count). The van der Waals surface area contributed by atoms with E-state index in [1.807, 2.05) is 29.1 Å². The predicted molar refractivity (Wildman–Crippen MR) is 113 cm³/mol. The summed E-state index contributed by atoms with van der Waals surface area (Å²) in [5, 5.41) is 6.70. The van der Waals surface area contributed by atoms with E-state index in [1.54, 1.807) is 42.5 Å². The number of carbonyl (C=O) groups is 2. The van der Waals surface area contributed by atoms with Gasteiger partial charge in [0.25, 0.3) is 5.91 Å². The van der Waals surface area contributed by atoms with Crippen LogP contribution in [0.3, 0.4) is 0 Å². The third kappa shape index (κ3) is 6.03. The second-order valence-electron chi connectivity index (χ2n) is 6.03. The summed E-state index contributed by atoms with van der Waals surface area (Å²) in [4.78, 5) is 28.7.